The van der Waals surface area contributed by atoms with Gasteiger partial charge in [-0.05, 0) is 50.8 Å². The van der Waals surface area contributed by atoms with Crippen molar-refractivity contribution in [3.8, 4) is 0 Å². The van der Waals surface area contributed by atoms with Gasteiger partial charge in [0.15, 0.2) is 5.13 Å². The van der Waals surface area contributed by atoms with Crippen LogP contribution in [-0.2, 0) is 11.2 Å². The molecule has 2 amide bonds. The molecule has 0 aromatic carbocycles. The highest BCUT2D eigenvalue weighted by Crippen LogP contribution is 2.21. The van der Waals surface area contributed by atoms with E-state index in [0.717, 1.165) is 19.0 Å². The molecule has 8 heteroatoms. The van der Waals surface area contributed by atoms with Gasteiger partial charge in [0.25, 0.3) is 5.91 Å². The number of hydrogen-bond donors (Lipinski definition) is 2. The third-order valence-corrected chi connectivity index (χ3v) is 6.59. The van der Waals surface area contributed by atoms with E-state index >= 15 is 0 Å². The molecule has 1 saturated heterocycles. The molecule has 3 heterocycles. The Labute approximate surface area is 182 Å². The fourth-order valence-electron chi connectivity index (χ4n) is 3.82. The molecule has 1 fully saturated rings. The van der Waals surface area contributed by atoms with Gasteiger partial charge >= 0.3 is 0 Å². The third kappa shape index (κ3) is 5.92. The molecule has 3 rings (SSSR count). The molecule has 1 aliphatic heterocycles. The molecule has 7 nitrogen and oxygen atoms in total. The van der Waals surface area contributed by atoms with Crippen molar-refractivity contribution in [1.29, 1.82) is 0 Å². The van der Waals surface area contributed by atoms with Gasteiger partial charge in [0, 0.05) is 18.0 Å². The van der Waals surface area contributed by atoms with Gasteiger partial charge < -0.3 is 9.73 Å². The summed E-state index contributed by atoms with van der Waals surface area (Å²) in [6.07, 6.45) is 4.14. The Kier molecular flexibility index (Phi) is 7.66. The number of amides is 2. The number of nitrogens with one attached hydrogen (secondary N) is 2. The van der Waals surface area contributed by atoms with E-state index in [1.54, 1.807) is 13.0 Å². The fourth-order valence-corrected chi connectivity index (χ4v) is 4.53. The van der Waals surface area contributed by atoms with E-state index in [2.05, 4.69) is 41.3 Å². The average molecular weight is 433 g/mol. The summed E-state index contributed by atoms with van der Waals surface area (Å²) in [5.41, 5.74) is 1.14. The lowest BCUT2D eigenvalue weighted by molar-refractivity contribution is -0.120. The molecule has 2 N–H and O–H groups in total. The van der Waals surface area contributed by atoms with Crippen LogP contribution in [0.4, 0.5) is 5.13 Å². The Morgan fingerprint density at radius 1 is 1.33 bits per heavy atom. The maximum atomic E-state index is 12.5. The number of aromatic nitrogens is 1. The Balaban J connectivity index is 1.49. The van der Waals surface area contributed by atoms with Crippen LogP contribution in [0.1, 0.15) is 55.4 Å². The molecule has 0 aliphatic carbocycles. The van der Waals surface area contributed by atoms with Gasteiger partial charge in [0.2, 0.25) is 5.91 Å². The van der Waals surface area contributed by atoms with Gasteiger partial charge in [-0.25, -0.2) is 4.98 Å². The van der Waals surface area contributed by atoms with E-state index in [9.17, 15) is 9.59 Å². The standard InChI is InChI=1S/C22H32N4O3S/c1-14(2)19(26-8-5-15(3)6-9-26)12-23-20(27)11-17-13-30-22(24-17)25-21(28)18-7-10-29-16(18)4/h7,10,13-15,19H,5-6,8-9,11-12H2,1-4H3,(H,23,27)(H,24,25,28). The third-order valence-electron chi connectivity index (χ3n) is 5.78. The van der Waals surface area contributed by atoms with Crippen LogP contribution in [0.15, 0.2) is 22.1 Å². The number of carbonyl (C=O) groups excluding carboxylic acids is 2. The van der Waals surface area contributed by atoms with Gasteiger partial charge in [0.05, 0.1) is 23.9 Å². The second-order valence-electron chi connectivity index (χ2n) is 8.50. The zero-order valence-corrected chi connectivity index (χ0v) is 19.1. The van der Waals surface area contributed by atoms with E-state index in [0.29, 0.717) is 40.7 Å². The minimum absolute atomic E-state index is 0.0418. The molecule has 1 unspecified atom stereocenters. The van der Waals surface area contributed by atoms with Crippen LogP contribution in [-0.4, -0.2) is 47.4 Å². The number of aryl methyl sites for hydroxylation is 1. The van der Waals surface area contributed by atoms with E-state index in [-0.39, 0.29) is 18.2 Å². The van der Waals surface area contributed by atoms with Gasteiger partial charge in [-0.15, -0.1) is 11.3 Å². The smallest absolute Gasteiger partial charge is 0.260 e. The second kappa shape index (κ2) is 10.2. The zero-order chi connectivity index (χ0) is 21.7. The average Bonchev–Trinajstić information content (AvgIpc) is 3.31. The fraction of sp³-hybridized carbons (Fsp3) is 0.591. The van der Waals surface area contributed by atoms with Gasteiger partial charge in [-0.1, -0.05) is 20.8 Å². The van der Waals surface area contributed by atoms with Crippen LogP contribution in [0.3, 0.4) is 0 Å². The van der Waals surface area contributed by atoms with E-state index < -0.39 is 0 Å². The Bertz CT molecular complexity index is 852. The first-order chi connectivity index (χ1) is 14.3. The Morgan fingerprint density at radius 3 is 2.70 bits per heavy atom. The number of furan rings is 1. The summed E-state index contributed by atoms with van der Waals surface area (Å²) in [5, 5.41) is 8.13. The summed E-state index contributed by atoms with van der Waals surface area (Å²) in [4.78, 5) is 31.6. The van der Waals surface area contributed by atoms with Crippen LogP contribution in [0.5, 0.6) is 0 Å². The summed E-state index contributed by atoms with van der Waals surface area (Å²) < 4.78 is 5.16. The molecule has 0 radical (unpaired) electrons. The molecule has 2 aromatic heterocycles. The number of carbonyl (C=O) groups is 2. The Morgan fingerprint density at radius 2 is 2.07 bits per heavy atom. The van der Waals surface area contributed by atoms with E-state index in [1.165, 1.54) is 30.4 Å². The van der Waals surface area contributed by atoms with Crippen LogP contribution in [0.2, 0.25) is 0 Å². The minimum Gasteiger partial charge on any atom is -0.469 e. The van der Waals surface area contributed by atoms with Crippen LogP contribution in [0, 0.1) is 18.8 Å². The molecular weight excluding hydrogens is 400 g/mol. The van der Waals surface area contributed by atoms with Gasteiger partial charge in [-0.2, -0.15) is 0 Å². The molecule has 1 aliphatic rings. The first-order valence-corrected chi connectivity index (χ1v) is 11.5. The molecule has 164 valence electrons. The molecule has 1 atom stereocenters. The number of rotatable bonds is 8. The number of thiazole rings is 1. The summed E-state index contributed by atoms with van der Waals surface area (Å²) in [7, 11) is 0. The second-order valence-corrected chi connectivity index (χ2v) is 9.36. The predicted molar refractivity (Wildman–Crippen MR) is 119 cm³/mol. The van der Waals surface area contributed by atoms with Crippen molar-refractivity contribution in [2.45, 2.75) is 53.0 Å². The van der Waals surface area contributed by atoms with Crippen LogP contribution < -0.4 is 10.6 Å². The van der Waals surface area contributed by atoms with Crippen molar-refractivity contribution in [2.75, 3.05) is 25.0 Å². The predicted octanol–water partition coefficient (Wildman–Crippen LogP) is 3.71. The first kappa shape index (κ1) is 22.5. The maximum absolute atomic E-state index is 12.5. The number of nitrogens with zero attached hydrogens (tertiary/aromatic N) is 2. The normalized spacial score (nSPS) is 16.6. The molecule has 0 bridgehead atoms. The topological polar surface area (TPSA) is 87.5 Å². The lowest BCUT2D eigenvalue weighted by Crippen LogP contribution is -2.49. The van der Waals surface area contributed by atoms with Gasteiger partial charge in [-0.3, -0.25) is 19.8 Å². The molecule has 30 heavy (non-hydrogen) atoms. The number of likely N-dealkylation sites (tertiary alicyclic amines) is 1. The van der Waals surface area contributed by atoms with Crippen molar-refractivity contribution in [3.05, 3.63) is 34.7 Å². The van der Waals surface area contributed by atoms with E-state index in [1.807, 2.05) is 5.38 Å². The van der Waals surface area contributed by atoms with E-state index in [4.69, 9.17) is 4.42 Å². The van der Waals surface area contributed by atoms with Crippen LogP contribution in [0.25, 0.3) is 0 Å². The maximum Gasteiger partial charge on any atom is 0.260 e. The van der Waals surface area contributed by atoms with Crippen molar-refractivity contribution < 1.29 is 14.0 Å². The summed E-state index contributed by atoms with van der Waals surface area (Å²) >= 11 is 1.31. The minimum atomic E-state index is -0.262. The quantitative estimate of drug-likeness (QED) is 0.664. The Hall–Kier alpha value is -2.19. The highest BCUT2D eigenvalue weighted by molar-refractivity contribution is 7.14. The number of anilines is 1. The monoisotopic (exact) mass is 432 g/mol. The highest BCUT2D eigenvalue weighted by Gasteiger charge is 2.26. The van der Waals surface area contributed by atoms with Gasteiger partial charge in [0.1, 0.15) is 5.76 Å². The zero-order valence-electron chi connectivity index (χ0n) is 18.2. The van der Waals surface area contributed by atoms with Crippen molar-refractivity contribution in [2.24, 2.45) is 11.8 Å². The van der Waals surface area contributed by atoms with Crippen molar-refractivity contribution in [3.63, 3.8) is 0 Å². The first-order valence-electron chi connectivity index (χ1n) is 10.6. The summed E-state index contributed by atoms with van der Waals surface area (Å²) in [5.74, 6) is 1.53. The molecular formula is C22H32N4O3S. The number of piperidine rings is 1. The summed E-state index contributed by atoms with van der Waals surface area (Å²) in [6, 6.07) is 1.98. The molecule has 0 spiro atoms. The summed E-state index contributed by atoms with van der Waals surface area (Å²) in [6.45, 7) is 11.3. The van der Waals surface area contributed by atoms with Crippen molar-refractivity contribution >= 4 is 28.3 Å². The highest BCUT2D eigenvalue weighted by atomic mass is 32.1. The number of hydrogen-bond acceptors (Lipinski definition) is 6. The lowest BCUT2D eigenvalue weighted by Gasteiger charge is -2.38. The van der Waals surface area contributed by atoms with Crippen molar-refractivity contribution in [1.82, 2.24) is 15.2 Å². The van der Waals surface area contributed by atoms with Crippen LogP contribution >= 0.6 is 11.3 Å². The SMILES string of the molecule is Cc1occc1C(=O)Nc1nc(CC(=O)NCC(C(C)C)N2CCC(C)CC2)cs1. The largest absolute Gasteiger partial charge is 0.469 e. The molecule has 2 aromatic rings. The lowest BCUT2D eigenvalue weighted by atomic mass is 9.94. The molecule has 0 saturated carbocycles.